The molecule has 0 bridgehead atoms. The summed E-state index contributed by atoms with van der Waals surface area (Å²) in [4.78, 5) is 23.6. The molecule has 0 spiro atoms. The van der Waals surface area contributed by atoms with E-state index in [0.717, 1.165) is 16.3 Å². The van der Waals surface area contributed by atoms with Crippen LogP contribution < -0.4 is 0 Å². The van der Waals surface area contributed by atoms with Crippen molar-refractivity contribution in [2.24, 2.45) is 0 Å². The average molecular weight is 297 g/mol. The van der Waals surface area contributed by atoms with E-state index in [2.05, 4.69) is 0 Å². The molecule has 0 aliphatic carbocycles. The number of fused-ring (bicyclic) bond motifs is 1. The third kappa shape index (κ3) is 2.85. The number of aryl methyl sites for hydroxylation is 1. The van der Waals surface area contributed by atoms with Gasteiger partial charge in [0.05, 0.1) is 36.3 Å². The second-order valence-electron chi connectivity index (χ2n) is 5.10. The van der Waals surface area contributed by atoms with Crippen molar-refractivity contribution >= 4 is 23.7 Å². The first kappa shape index (κ1) is 15.0. The van der Waals surface area contributed by atoms with E-state index in [9.17, 15) is 9.59 Å². The highest BCUT2D eigenvalue weighted by molar-refractivity contribution is 7.99. The number of carbonyl (C=O) groups is 2. The molecule has 0 fully saturated rings. The average Bonchev–Trinajstić information content (AvgIpc) is 2.87. The molecule has 0 aromatic carbocycles. The van der Waals surface area contributed by atoms with E-state index < -0.39 is 0 Å². The molecule has 0 saturated heterocycles. The summed E-state index contributed by atoms with van der Waals surface area (Å²) in [5.41, 5.74) is 1.50. The number of rotatable bonds is 4. The number of hydrogen-bond acceptors (Lipinski definition) is 5. The predicted molar refractivity (Wildman–Crippen MR) is 76.1 cm³/mol. The highest BCUT2D eigenvalue weighted by Crippen LogP contribution is 2.40. The van der Waals surface area contributed by atoms with Crippen molar-refractivity contribution < 1.29 is 19.1 Å². The van der Waals surface area contributed by atoms with Crippen LogP contribution >= 0.6 is 11.8 Å². The van der Waals surface area contributed by atoms with Gasteiger partial charge in [-0.05, 0) is 26.3 Å². The Balaban J connectivity index is 2.25. The van der Waals surface area contributed by atoms with Gasteiger partial charge < -0.3 is 14.0 Å². The molecule has 0 amide bonds. The Kier molecular flexibility index (Phi) is 4.42. The van der Waals surface area contributed by atoms with Crippen LogP contribution in [-0.4, -0.2) is 35.5 Å². The molecule has 0 N–H and O–H groups in total. The van der Waals surface area contributed by atoms with Gasteiger partial charge in [0.2, 0.25) is 0 Å². The number of nitrogens with zero attached hydrogens (tertiary/aromatic N) is 1. The molecule has 0 saturated carbocycles. The summed E-state index contributed by atoms with van der Waals surface area (Å²) in [6.45, 7) is 5.55. The second kappa shape index (κ2) is 5.91. The van der Waals surface area contributed by atoms with E-state index in [1.54, 1.807) is 11.8 Å². The molecule has 0 radical (unpaired) electrons. The lowest BCUT2D eigenvalue weighted by Crippen LogP contribution is -2.13. The van der Waals surface area contributed by atoms with Crippen LogP contribution in [0.5, 0.6) is 0 Å². The number of aromatic nitrogens is 1. The lowest BCUT2D eigenvalue weighted by atomic mass is 10.2. The predicted octanol–water partition coefficient (Wildman–Crippen LogP) is 2.57. The van der Waals surface area contributed by atoms with E-state index in [0.29, 0.717) is 12.0 Å². The standard InChI is InChI=1S/C14H19NO4S/c1-8(2)19-14(17)12-9(3)6-15-10(5-11(16)18-4)7-20-13(12)15/h6,8,10H,5,7H2,1-4H3. The Bertz CT molecular complexity index is 536. The zero-order chi connectivity index (χ0) is 14.9. The van der Waals surface area contributed by atoms with Gasteiger partial charge in [0.15, 0.2) is 0 Å². The van der Waals surface area contributed by atoms with Gasteiger partial charge in [0.1, 0.15) is 0 Å². The Morgan fingerprint density at radius 2 is 2.20 bits per heavy atom. The number of carbonyl (C=O) groups excluding carboxylic acids is 2. The highest BCUT2D eigenvalue weighted by atomic mass is 32.2. The maximum Gasteiger partial charge on any atom is 0.341 e. The summed E-state index contributed by atoms with van der Waals surface area (Å²) in [7, 11) is 1.39. The zero-order valence-corrected chi connectivity index (χ0v) is 13.0. The van der Waals surface area contributed by atoms with Crippen molar-refractivity contribution in [2.75, 3.05) is 12.9 Å². The molecular weight excluding hydrogens is 278 g/mol. The van der Waals surface area contributed by atoms with E-state index in [4.69, 9.17) is 9.47 Å². The minimum absolute atomic E-state index is 0.0433. The topological polar surface area (TPSA) is 57.5 Å². The summed E-state index contributed by atoms with van der Waals surface area (Å²) in [5, 5.41) is 0.891. The lowest BCUT2D eigenvalue weighted by molar-refractivity contribution is -0.141. The number of hydrogen-bond donors (Lipinski definition) is 0. The SMILES string of the molecule is COC(=O)CC1CSc2c(C(=O)OC(C)C)c(C)cn21. The summed E-state index contributed by atoms with van der Waals surface area (Å²) in [6, 6.07) is 0.0433. The normalized spacial score (nSPS) is 17.1. The van der Waals surface area contributed by atoms with Crippen molar-refractivity contribution in [1.82, 2.24) is 4.57 Å². The van der Waals surface area contributed by atoms with Crippen LogP contribution in [0.1, 0.15) is 42.2 Å². The van der Waals surface area contributed by atoms with Crippen molar-refractivity contribution in [1.29, 1.82) is 0 Å². The minimum atomic E-state index is -0.294. The molecule has 1 aliphatic rings. The quantitative estimate of drug-likeness (QED) is 0.799. The first-order chi connectivity index (χ1) is 9.43. The van der Waals surface area contributed by atoms with E-state index in [1.807, 2.05) is 31.5 Å². The molecule has 1 aliphatic heterocycles. The Morgan fingerprint density at radius 1 is 1.50 bits per heavy atom. The molecule has 2 rings (SSSR count). The van der Waals surface area contributed by atoms with E-state index >= 15 is 0 Å². The number of methoxy groups -OCH3 is 1. The first-order valence-electron chi connectivity index (χ1n) is 6.56. The van der Waals surface area contributed by atoms with Crippen molar-refractivity contribution in [2.45, 2.75) is 44.4 Å². The number of thioether (sulfide) groups is 1. The second-order valence-corrected chi connectivity index (χ2v) is 6.11. The molecule has 1 aromatic rings. The number of esters is 2. The minimum Gasteiger partial charge on any atom is -0.469 e. The Morgan fingerprint density at radius 3 is 2.80 bits per heavy atom. The van der Waals surface area contributed by atoms with Crippen LogP contribution in [0.4, 0.5) is 0 Å². The smallest absolute Gasteiger partial charge is 0.341 e. The Labute approximate surface area is 122 Å². The lowest BCUT2D eigenvalue weighted by Gasteiger charge is -2.10. The van der Waals surface area contributed by atoms with Crippen molar-refractivity contribution in [3.8, 4) is 0 Å². The fourth-order valence-corrected chi connectivity index (χ4v) is 3.63. The molecule has 20 heavy (non-hydrogen) atoms. The van der Waals surface area contributed by atoms with Gasteiger partial charge in [0, 0.05) is 11.9 Å². The molecule has 110 valence electrons. The highest BCUT2D eigenvalue weighted by Gasteiger charge is 2.31. The van der Waals surface area contributed by atoms with Crippen LogP contribution in [0.3, 0.4) is 0 Å². The van der Waals surface area contributed by atoms with Gasteiger partial charge in [-0.1, -0.05) is 0 Å². The van der Waals surface area contributed by atoms with E-state index in [1.165, 1.54) is 7.11 Å². The fourth-order valence-electron chi connectivity index (χ4n) is 2.26. The summed E-state index contributed by atoms with van der Waals surface area (Å²) >= 11 is 1.59. The third-order valence-electron chi connectivity index (χ3n) is 3.16. The van der Waals surface area contributed by atoms with Crippen LogP contribution in [0.2, 0.25) is 0 Å². The molecule has 1 atom stereocenters. The molecular formula is C14H19NO4S. The van der Waals surface area contributed by atoms with Gasteiger partial charge in [-0.3, -0.25) is 4.79 Å². The van der Waals surface area contributed by atoms with Gasteiger partial charge in [-0.25, -0.2) is 4.79 Å². The summed E-state index contributed by atoms with van der Waals surface area (Å²) < 4.78 is 12.0. The van der Waals surface area contributed by atoms with Crippen molar-refractivity contribution in [3.05, 3.63) is 17.3 Å². The molecule has 6 heteroatoms. The van der Waals surface area contributed by atoms with Gasteiger partial charge in [-0.2, -0.15) is 0 Å². The monoisotopic (exact) mass is 297 g/mol. The van der Waals surface area contributed by atoms with Gasteiger partial charge in [-0.15, -0.1) is 11.8 Å². The number of ether oxygens (including phenoxy) is 2. The molecule has 1 aromatic heterocycles. The molecule has 1 unspecified atom stereocenters. The van der Waals surface area contributed by atoms with Crippen LogP contribution in [-0.2, 0) is 14.3 Å². The third-order valence-corrected chi connectivity index (χ3v) is 4.40. The van der Waals surface area contributed by atoms with Crippen LogP contribution in [0.15, 0.2) is 11.2 Å². The summed E-state index contributed by atoms with van der Waals surface area (Å²) in [5.74, 6) is 0.241. The van der Waals surface area contributed by atoms with Gasteiger partial charge in [0.25, 0.3) is 0 Å². The molecule has 5 nitrogen and oxygen atoms in total. The maximum atomic E-state index is 12.1. The van der Waals surface area contributed by atoms with Crippen LogP contribution in [0.25, 0.3) is 0 Å². The maximum absolute atomic E-state index is 12.1. The largest absolute Gasteiger partial charge is 0.469 e. The first-order valence-corrected chi connectivity index (χ1v) is 7.54. The zero-order valence-electron chi connectivity index (χ0n) is 12.1. The van der Waals surface area contributed by atoms with E-state index in [-0.39, 0.29) is 24.1 Å². The van der Waals surface area contributed by atoms with Crippen molar-refractivity contribution in [3.63, 3.8) is 0 Å². The Hall–Kier alpha value is -1.43. The fraction of sp³-hybridized carbons (Fsp3) is 0.571. The molecule has 2 heterocycles. The summed E-state index contributed by atoms with van der Waals surface area (Å²) in [6.07, 6.45) is 2.10. The van der Waals surface area contributed by atoms with Gasteiger partial charge >= 0.3 is 11.9 Å². The van der Waals surface area contributed by atoms with Crippen LogP contribution in [0, 0.1) is 6.92 Å².